The lowest BCUT2D eigenvalue weighted by atomic mass is 10.4. The van der Waals surface area contributed by atoms with E-state index >= 15 is 0 Å². The maximum atomic E-state index is 10.9. The first-order valence-corrected chi connectivity index (χ1v) is 2.79. The second-order valence-corrected chi connectivity index (χ2v) is 1.87. The predicted molar refractivity (Wildman–Crippen MR) is 34.6 cm³/mol. The van der Waals surface area contributed by atoms with Crippen molar-refractivity contribution in [2.24, 2.45) is 0 Å². The van der Waals surface area contributed by atoms with Gasteiger partial charge in [0.25, 0.3) is 5.56 Å². The third-order valence-electron chi connectivity index (χ3n) is 1.26. The molecule has 0 aliphatic rings. The Bertz CT molecular complexity index is 401. The summed E-state index contributed by atoms with van der Waals surface area (Å²) < 4.78 is 4.79. The van der Waals surface area contributed by atoms with Gasteiger partial charge in [-0.2, -0.15) is 0 Å². The number of oxazole rings is 1. The van der Waals surface area contributed by atoms with E-state index in [1.54, 1.807) is 6.07 Å². The van der Waals surface area contributed by atoms with E-state index in [4.69, 9.17) is 4.42 Å². The van der Waals surface area contributed by atoms with Crippen molar-refractivity contribution in [1.29, 1.82) is 0 Å². The summed E-state index contributed by atoms with van der Waals surface area (Å²) in [4.78, 5) is 17.1. The molecule has 0 aliphatic heterocycles. The van der Waals surface area contributed by atoms with Gasteiger partial charge in [0.15, 0.2) is 6.39 Å². The Morgan fingerprint density at radius 3 is 3.30 bits per heavy atom. The lowest BCUT2D eigenvalue weighted by molar-refractivity contribution is 0.597. The largest absolute Gasteiger partial charge is 0.438 e. The molecule has 2 rings (SSSR count). The quantitative estimate of drug-likeness (QED) is 0.574. The third-order valence-corrected chi connectivity index (χ3v) is 1.26. The molecule has 0 radical (unpaired) electrons. The summed E-state index contributed by atoms with van der Waals surface area (Å²) in [6, 6.07) is 1.68. The number of aromatic nitrogens is 2. The molecule has 0 saturated heterocycles. The van der Waals surface area contributed by atoms with Crippen LogP contribution in [0.15, 0.2) is 27.9 Å². The normalized spacial score (nSPS) is 10.4. The fourth-order valence-corrected chi connectivity index (χ4v) is 0.805. The average Bonchev–Trinajstić information content (AvgIpc) is 2.36. The van der Waals surface area contributed by atoms with Crippen LogP contribution in [-0.2, 0) is 0 Å². The van der Waals surface area contributed by atoms with Gasteiger partial charge in [-0.15, -0.1) is 0 Å². The molecule has 0 spiro atoms. The topological polar surface area (TPSA) is 58.9 Å². The minimum atomic E-state index is -0.241. The smallest absolute Gasteiger partial charge is 0.293 e. The fourth-order valence-electron chi connectivity index (χ4n) is 0.805. The van der Waals surface area contributed by atoms with E-state index in [1.807, 2.05) is 0 Å². The van der Waals surface area contributed by atoms with Crippen LogP contribution >= 0.6 is 0 Å². The number of hydrogen-bond acceptors (Lipinski definition) is 3. The Kier molecular flexibility index (Phi) is 0.887. The molecule has 1 N–H and O–H groups in total. The van der Waals surface area contributed by atoms with Crippen LogP contribution in [0.1, 0.15) is 0 Å². The first-order valence-electron chi connectivity index (χ1n) is 2.79. The Balaban J connectivity index is 3.09. The lowest BCUT2D eigenvalue weighted by Gasteiger charge is -1.80. The van der Waals surface area contributed by atoms with Crippen LogP contribution in [0.2, 0.25) is 0 Å². The van der Waals surface area contributed by atoms with E-state index in [9.17, 15) is 4.79 Å². The van der Waals surface area contributed by atoms with Crippen LogP contribution in [0.4, 0.5) is 0 Å². The number of H-pyrrole nitrogens is 1. The van der Waals surface area contributed by atoms with Gasteiger partial charge < -0.3 is 9.40 Å². The summed E-state index contributed by atoms with van der Waals surface area (Å²) in [7, 11) is 0. The van der Waals surface area contributed by atoms with Gasteiger partial charge in [0.1, 0.15) is 5.52 Å². The van der Waals surface area contributed by atoms with Crippen molar-refractivity contribution in [2.45, 2.75) is 0 Å². The molecular weight excluding hydrogens is 132 g/mol. The number of aromatic amines is 1. The highest BCUT2D eigenvalue weighted by molar-refractivity contribution is 5.69. The Labute approximate surface area is 55.5 Å². The molecule has 0 aliphatic carbocycles. The van der Waals surface area contributed by atoms with E-state index in [-0.39, 0.29) is 11.1 Å². The molecule has 2 heterocycles. The molecule has 0 atom stereocenters. The lowest BCUT2D eigenvalue weighted by Crippen LogP contribution is -2.02. The Morgan fingerprint density at radius 1 is 1.60 bits per heavy atom. The highest BCUT2D eigenvalue weighted by Gasteiger charge is 1.99. The molecule has 2 aromatic rings. The number of hydrogen-bond donors (Lipinski definition) is 1. The number of rotatable bonds is 0. The second-order valence-electron chi connectivity index (χ2n) is 1.87. The molecule has 2 aromatic heterocycles. The van der Waals surface area contributed by atoms with Gasteiger partial charge in [-0.25, -0.2) is 4.98 Å². The maximum absolute atomic E-state index is 10.9. The first-order chi connectivity index (χ1) is 4.88. The van der Waals surface area contributed by atoms with Gasteiger partial charge in [-0.05, 0) is 6.07 Å². The number of nitrogens with one attached hydrogen (secondary N) is 1. The van der Waals surface area contributed by atoms with Crippen molar-refractivity contribution in [1.82, 2.24) is 9.97 Å². The molecule has 4 nitrogen and oxygen atoms in total. The van der Waals surface area contributed by atoms with Crippen molar-refractivity contribution in [3.05, 3.63) is 29.0 Å². The summed E-state index contributed by atoms with van der Waals surface area (Å²) in [5, 5.41) is 0. The molecule has 0 unspecified atom stereocenters. The van der Waals surface area contributed by atoms with E-state index < -0.39 is 0 Å². The fraction of sp³-hybridized carbons (Fsp3) is 0. The summed E-state index contributed by atoms with van der Waals surface area (Å²) in [5.41, 5.74) is 0.626. The highest BCUT2D eigenvalue weighted by atomic mass is 16.3. The molecule has 0 saturated carbocycles. The van der Waals surface area contributed by atoms with Crippen molar-refractivity contribution in [3.8, 4) is 0 Å². The zero-order chi connectivity index (χ0) is 6.97. The van der Waals surface area contributed by atoms with Crippen molar-refractivity contribution < 1.29 is 4.42 Å². The molecule has 4 heteroatoms. The van der Waals surface area contributed by atoms with Gasteiger partial charge in [0.2, 0.25) is 5.58 Å². The van der Waals surface area contributed by atoms with Crippen LogP contribution in [-0.4, -0.2) is 9.97 Å². The first kappa shape index (κ1) is 5.22. The molecule has 0 bridgehead atoms. The van der Waals surface area contributed by atoms with Gasteiger partial charge >= 0.3 is 0 Å². The predicted octanol–water partition coefficient (Wildman–Crippen LogP) is 0.516. The third kappa shape index (κ3) is 0.556. The number of fused-ring (bicyclic) bond motifs is 1. The van der Waals surface area contributed by atoms with Gasteiger partial charge in [0.05, 0.1) is 0 Å². The Morgan fingerprint density at radius 2 is 2.50 bits per heavy atom. The van der Waals surface area contributed by atoms with Gasteiger partial charge in [-0.3, -0.25) is 4.79 Å². The van der Waals surface area contributed by atoms with Crippen LogP contribution in [0.5, 0.6) is 0 Å². The van der Waals surface area contributed by atoms with Crippen molar-refractivity contribution in [2.75, 3.05) is 0 Å². The van der Waals surface area contributed by atoms with Gasteiger partial charge in [-0.1, -0.05) is 0 Å². The van der Waals surface area contributed by atoms with Gasteiger partial charge in [0, 0.05) is 6.20 Å². The molecule has 50 valence electrons. The summed E-state index contributed by atoms with van der Waals surface area (Å²) in [6.45, 7) is 0. The summed E-state index contributed by atoms with van der Waals surface area (Å²) in [6.07, 6.45) is 2.78. The molecular formula is C6H4N2O2. The van der Waals surface area contributed by atoms with E-state index in [0.29, 0.717) is 5.52 Å². The minimum absolute atomic E-state index is 0.241. The molecule has 10 heavy (non-hydrogen) atoms. The second kappa shape index (κ2) is 1.70. The molecule has 0 amide bonds. The van der Waals surface area contributed by atoms with Crippen molar-refractivity contribution >= 4 is 11.1 Å². The zero-order valence-corrected chi connectivity index (χ0v) is 5.00. The van der Waals surface area contributed by atoms with Crippen LogP contribution < -0.4 is 5.56 Å². The SMILES string of the molecule is O=c1[nH]ccc2ncoc12. The average molecular weight is 136 g/mol. The molecule has 0 fully saturated rings. The van der Waals surface area contributed by atoms with E-state index in [0.717, 1.165) is 0 Å². The van der Waals surface area contributed by atoms with Crippen LogP contribution in [0.3, 0.4) is 0 Å². The minimum Gasteiger partial charge on any atom is -0.438 e. The zero-order valence-electron chi connectivity index (χ0n) is 5.00. The highest BCUT2D eigenvalue weighted by Crippen LogP contribution is 2.02. The number of nitrogens with zero attached hydrogens (tertiary/aromatic N) is 1. The van der Waals surface area contributed by atoms with Crippen molar-refractivity contribution in [3.63, 3.8) is 0 Å². The molecule has 0 aromatic carbocycles. The maximum Gasteiger partial charge on any atom is 0.293 e. The van der Waals surface area contributed by atoms with Crippen LogP contribution in [0.25, 0.3) is 11.1 Å². The number of pyridine rings is 1. The van der Waals surface area contributed by atoms with E-state index in [1.165, 1.54) is 12.6 Å². The summed E-state index contributed by atoms with van der Waals surface area (Å²) >= 11 is 0. The monoisotopic (exact) mass is 136 g/mol. The summed E-state index contributed by atoms with van der Waals surface area (Å²) in [5.74, 6) is 0. The standard InChI is InChI=1S/C6H4N2O2/c9-6-5-4(1-2-7-6)8-3-10-5/h1-3H,(H,7,9). The Hall–Kier alpha value is -1.58. The van der Waals surface area contributed by atoms with E-state index in [2.05, 4.69) is 9.97 Å². The van der Waals surface area contributed by atoms with Crippen LogP contribution in [0, 0.1) is 0 Å².